The summed E-state index contributed by atoms with van der Waals surface area (Å²) in [6, 6.07) is 19.6. The molecule has 4 rings (SSSR count). The minimum Gasteiger partial charge on any atom is -0.457 e. The Hall–Kier alpha value is -5.10. The summed E-state index contributed by atoms with van der Waals surface area (Å²) in [6.07, 6.45) is 3.11. The Morgan fingerprint density at radius 3 is 2.22 bits per heavy atom. The number of carbonyl (C=O) groups is 3. The standard InChI is InChI=1S/C34H42N6O6/c1-34(2,3)46-33(43)37-27-15-10-9-14-26(27)36-31(41)28-17-16-25(21-35-28)22-40(19-11-18-39(4)5)32(42)38-29-23-44-30(45-29)20-24-12-7-6-8-13-24/h6-10,12-17,21,23,30H,11,18-20,22H2,1-5H3,(H,36,41)(H,37,43)(H,38,42). The first-order valence-electron chi connectivity index (χ1n) is 15.1. The van der Waals surface area contributed by atoms with Crippen molar-refractivity contribution in [2.75, 3.05) is 37.8 Å². The fraction of sp³-hybridized carbons (Fsp3) is 0.353. The number of nitrogens with one attached hydrogen (secondary N) is 3. The van der Waals surface area contributed by atoms with Gasteiger partial charge in [0.05, 0.1) is 11.4 Å². The molecule has 12 heteroatoms. The third kappa shape index (κ3) is 10.8. The molecule has 244 valence electrons. The first kappa shape index (κ1) is 33.8. The molecule has 0 saturated carbocycles. The number of hydrogen-bond donors (Lipinski definition) is 3. The summed E-state index contributed by atoms with van der Waals surface area (Å²) in [5.74, 6) is -0.212. The summed E-state index contributed by atoms with van der Waals surface area (Å²) in [4.78, 5) is 46.7. The molecule has 0 radical (unpaired) electrons. The van der Waals surface area contributed by atoms with E-state index in [1.54, 1.807) is 68.3 Å². The van der Waals surface area contributed by atoms with Crippen molar-refractivity contribution < 1.29 is 28.6 Å². The number of pyridine rings is 1. The number of anilines is 2. The van der Waals surface area contributed by atoms with Crippen molar-refractivity contribution in [2.45, 2.75) is 52.0 Å². The lowest BCUT2D eigenvalue weighted by molar-refractivity contribution is -0.0330. The summed E-state index contributed by atoms with van der Waals surface area (Å²) in [5.41, 5.74) is 2.09. The lowest BCUT2D eigenvalue weighted by Gasteiger charge is -2.24. The molecule has 2 aromatic carbocycles. The highest BCUT2D eigenvalue weighted by atomic mass is 16.7. The van der Waals surface area contributed by atoms with E-state index in [1.165, 1.54) is 6.26 Å². The summed E-state index contributed by atoms with van der Waals surface area (Å²) in [7, 11) is 3.96. The van der Waals surface area contributed by atoms with E-state index < -0.39 is 23.9 Å². The van der Waals surface area contributed by atoms with E-state index in [0.717, 1.165) is 24.1 Å². The predicted octanol–water partition coefficient (Wildman–Crippen LogP) is 5.56. The van der Waals surface area contributed by atoms with Gasteiger partial charge in [-0.25, -0.2) is 9.59 Å². The number of aromatic nitrogens is 1. The molecule has 1 aliphatic heterocycles. The van der Waals surface area contributed by atoms with Crippen LogP contribution >= 0.6 is 0 Å². The highest BCUT2D eigenvalue weighted by Crippen LogP contribution is 2.23. The molecule has 3 N–H and O–H groups in total. The molecule has 0 aliphatic carbocycles. The van der Waals surface area contributed by atoms with Gasteiger partial charge in [0.15, 0.2) is 0 Å². The van der Waals surface area contributed by atoms with Crippen LogP contribution in [-0.4, -0.2) is 71.9 Å². The van der Waals surface area contributed by atoms with Gasteiger partial charge in [0.25, 0.3) is 5.91 Å². The van der Waals surface area contributed by atoms with Gasteiger partial charge in [-0.3, -0.25) is 20.4 Å². The molecule has 0 fully saturated rings. The van der Waals surface area contributed by atoms with Crippen molar-refractivity contribution >= 4 is 29.4 Å². The number of benzene rings is 2. The van der Waals surface area contributed by atoms with Crippen LogP contribution in [0.3, 0.4) is 0 Å². The van der Waals surface area contributed by atoms with Gasteiger partial charge in [0, 0.05) is 25.7 Å². The number of para-hydroxylation sites is 2. The minimum atomic E-state index is -0.669. The zero-order chi connectivity index (χ0) is 33.1. The van der Waals surface area contributed by atoms with Gasteiger partial charge < -0.3 is 29.3 Å². The highest BCUT2D eigenvalue weighted by Gasteiger charge is 2.24. The topological polar surface area (TPSA) is 134 Å². The van der Waals surface area contributed by atoms with E-state index in [0.29, 0.717) is 24.3 Å². The Kier molecular flexibility index (Phi) is 11.6. The van der Waals surface area contributed by atoms with E-state index >= 15 is 0 Å². The largest absolute Gasteiger partial charge is 0.457 e. The minimum absolute atomic E-state index is 0.172. The van der Waals surface area contributed by atoms with Crippen LogP contribution in [0, 0.1) is 0 Å². The van der Waals surface area contributed by atoms with Gasteiger partial charge in [0.1, 0.15) is 17.6 Å². The molecule has 1 aromatic heterocycles. The Morgan fingerprint density at radius 2 is 1.57 bits per heavy atom. The number of amides is 4. The summed E-state index contributed by atoms with van der Waals surface area (Å²) in [5, 5.41) is 8.26. The van der Waals surface area contributed by atoms with Gasteiger partial charge >= 0.3 is 12.1 Å². The fourth-order valence-electron chi connectivity index (χ4n) is 4.48. The molecule has 12 nitrogen and oxygen atoms in total. The maximum Gasteiger partial charge on any atom is 0.412 e. The molecule has 1 atom stereocenters. The summed E-state index contributed by atoms with van der Waals surface area (Å²) >= 11 is 0. The Labute approximate surface area is 269 Å². The number of nitrogens with zero attached hydrogens (tertiary/aromatic N) is 3. The van der Waals surface area contributed by atoms with Crippen LogP contribution in [0.1, 0.15) is 48.8 Å². The Bertz CT molecular complexity index is 1500. The molecule has 46 heavy (non-hydrogen) atoms. The van der Waals surface area contributed by atoms with Gasteiger partial charge in [0.2, 0.25) is 12.2 Å². The fourth-order valence-corrected chi connectivity index (χ4v) is 4.48. The van der Waals surface area contributed by atoms with Crippen molar-refractivity contribution in [3.05, 3.63) is 102 Å². The second kappa shape index (κ2) is 15.8. The quantitative estimate of drug-likeness (QED) is 0.237. The first-order chi connectivity index (χ1) is 21.9. The lowest BCUT2D eigenvalue weighted by atomic mass is 10.1. The number of hydrogen-bond acceptors (Lipinski definition) is 8. The van der Waals surface area contributed by atoms with Crippen LogP contribution in [-0.2, 0) is 27.2 Å². The summed E-state index contributed by atoms with van der Waals surface area (Å²) < 4.78 is 16.7. The molecule has 0 saturated heterocycles. The number of urea groups is 1. The SMILES string of the molecule is CN(C)CCCN(Cc1ccc(C(=O)Nc2ccccc2NC(=O)OC(C)(C)C)nc1)C(=O)NC1=COC(Cc2ccccc2)O1. The molecular weight excluding hydrogens is 588 g/mol. The Balaban J connectivity index is 1.36. The average molecular weight is 631 g/mol. The van der Waals surface area contributed by atoms with Crippen LogP contribution in [0.25, 0.3) is 0 Å². The second-order valence-corrected chi connectivity index (χ2v) is 12.0. The van der Waals surface area contributed by atoms with E-state index in [1.807, 2.05) is 44.4 Å². The van der Waals surface area contributed by atoms with Gasteiger partial charge in [-0.1, -0.05) is 48.5 Å². The van der Waals surface area contributed by atoms with Crippen molar-refractivity contribution in [1.82, 2.24) is 20.1 Å². The molecule has 4 amide bonds. The smallest absolute Gasteiger partial charge is 0.412 e. The lowest BCUT2D eigenvalue weighted by Crippen LogP contribution is -2.40. The normalized spacial score (nSPS) is 14.0. The maximum absolute atomic E-state index is 13.3. The maximum atomic E-state index is 13.3. The second-order valence-electron chi connectivity index (χ2n) is 12.0. The third-order valence-electron chi connectivity index (χ3n) is 6.62. The van der Waals surface area contributed by atoms with Crippen molar-refractivity contribution in [1.29, 1.82) is 0 Å². The van der Waals surface area contributed by atoms with Gasteiger partial charge in [-0.2, -0.15) is 0 Å². The van der Waals surface area contributed by atoms with E-state index in [2.05, 4.69) is 25.8 Å². The molecular formula is C34H42N6O6. The molecule has 0 spiro atoms. The molecule has 1 unspecified atom stereocenters. The van der Waals surface area contributed by atoms with Gasteiger partial charge in [-0.15, -0.1) is 0 Å². The van der Waals surface area contributed by atoms with Crippen LogP contribution < -0.4 is 16.0 Å². The molecule has 3 aromatic rings. The first-order valence-corrected chi connectivity index (χ1v) is 15.1. The van der Waals surface area contributed by atoms with Crippen molar-refractivity contribution in [3.8, 4) is 0 Å². The predicted molar refractivity (Wildman–Crippen MR) is 175 cm³/mol. The van der Waals surface area contributed by atoms with E-state index in [4.69, 9.17) is 14.2 Å². The monoisotopic (exact) mass is 630 g/mol. The van der Waals surface area contributed by atoms with Crippen molar-refractivity contribution in [3.63, 3.8) is 0 Å². The third-order valence-corrected chi connectivity index (χ3v) is 6.62. The van der Waals surface area contributed by atoms with E-state index in [9.17, 15) is 14.4 Å². The van der Waals surface area contributed by atoms with Crippen molar-refractivity contribution in [2.24, 2.45) is 0 Å². The number of ether oxygens (including phenoxy) is 3. The molecule has 1 aliphatic rings. The van der Waals surface area contributed by atoms with E-state index in [-0.39, 0.29) is 24.2 Å². The van der Waals surface area contributed by atoms with Crippen LogP contribution in [0.5, 0.6) is 0 Å². The highest BCUT2D eigenvalue weighted by molar-refractivity contribution is 6.05. The molecule has 0 bridgehead atoms. The zero-order valence-electron chi connectivity index (χ0n) is 26.9. The van der Waals surface area contributed by atoms with Crippen LogP contribution in [0.15, 0.2) is 85.1 Å². The van der Waals surface area contributed by atoms with Crippen LogP contribution in [0.2, 0.25) is 0 Å². The zero-order valence-corrected chi connectivity index (χ0v) is 26.9. The van der Waals surface area contributed by atoms with Gasteiger partial charge in [-0.05, 0) is 77.2 Å². The molecule has 2 heterocycles. The number of rotatable bonds is 12. The number of carbonyl (C=O) groups excluding carboxylic acids is 3. The Morgan fingerprint density at radius 1 is 0.870 bits per heavy atom. The average Bonchev–Trinajstić information content (AvgIpc) is 3.43. The van der Waals surface area contributed by atoms with Crippen LogP contribution in [0.4, 0.5) is 21.0 Å². The summed E-state index contributed by atoms with van der Waals surface area (Å²) in [6.45, 7) is 6.85.